The molecule has 2 unspecified atom stereocenters. The number of hydrogen-bond acceptors (Lipinski definition) is 2. The molecule has 74 valence electrons. The van der Waals surface area contributed by atoms with Crippen molar-refractivity contribution in [3.05, 3.63) is 0 Å². The number of rotatable bonds is 7. The predicted octanol–water partition coefficient (Wildman–Crippen LogP) is 2.26. The lowest BCUT2D eigenvalue weighted by molar-refractivity contribution is 0.539. The molecule has 0 fully saturated rings. The minimum atomic E-state index is 0.139. The Morgan fingerprint density at radius 1 is 1.42 bits per heavy atom. The van der Waals surface area contributed by atoms with Crippen LogP contribution in [0.15, 0.2) is 0 Å². The van der Waals surface area contributed by atoms with Gasteiger partial charge in [-0.2, -0.15) is 0 Å². The summed E-state index contributed by atoms with van der Waals surface area (Å²) in [6, 6.07) is 0. The highest BCUT2D eigenvalue weighted by Crippen LogP contribution is 2.13. The van der Waals surface area contributed by atoms with Crippen LogP contribution in [0.4, 0.5) is 0 Å². The fourth-order valence-corrected chi connectivity index (χ4v) is 1.79. The van der Waals surface area contributed by atoms with Crippen molar-refractivity contribution in [1.82, 2.24) is 5.32 Å². The van der Waals surface area contributed by atoms with Gasteiger partial charge in [-0.15, -0.1) is 0 Å². The molecule has 0 radical (unpaired) electrons. The van der Waals surface area contributed by atoms with Crippen molar-refractivity contribution >= 4 is 22.6 Å². The molecule has 0 heterocycles. The van der Waals surface area contributed by atoms with Crippen molar-refractivity contribution in [2.45, 2.75) is 49.6 Å². The van der Waals surface area contributed by atoms with Gasteiger partial charge in [0, 0.05) is 3.92 Å². The second-order valence-corrected chi connectivity index (χ2v) is 5.03. The number of unbranched alkanes of at least 4 members (excludes halogenated alkanes) is 1. The Hall–Kier alpha value is 0.650. The zero-order chi connectivity index (χ0) is 9.40. The predicted molar refractivity (Wildman–Crippen MR) is 63.6 cm³/mol. The normalized spacial score (nSPS) is 16.0. The first-order valence-electron chi connectivity index (χ1n) is 4.79. The van der Waals surface area contributed by atoms with Crippen LogP contribution in [0.1, 0.15) is 39.5 Å². The van der Waals surface area contributed by atoms with Crippen molar-refractivity contribution in [2.24, 2.45) is 5.73 Å². The van der Waals surface area contributed by atoms with Crippen LogP contribution < -0.4 is 11.1 Å². The summed E-state index contributed by atoms with van der Waals surface area (Å²) in [5.41, 5.74) is 5.57. The number of hydrogen-bond donors (Lipinski definition) is 2. The van der Waals surface area contributed by atoms with E-state index in [1.165, 1.54) is 25.7 Å². The number of nitrogens with two attached hydrogens (primary N) is 1. The number of nitrogens with one attached hydrogen (secondary N) is 1. The zero-order valence-corrected chi connectivity index (χ0v) is 10.3. The molecule has 12 heavy (non-hydrogen) atoms. The van der Waals surface area contributed by atoms with Gasteiger partial charge in [-0.05, 0) is 26.3 Å². The second kappa shape index (κ2) is 8.26. The van der Waals surface area contributed by atoms with Crippen LogP contribution in [0.25, 0.3) is 0 Å². The van der Waals surface area contributed by atoms with Gasteiger partial charge in [0.2, 0.25) is 0 Å². The number of halogens is 1. The second-order valence-electron chi connectivity index (χ2n) is 3.27. The van der Waals surface area contributed by atoms with Crippen LogP contribution in [-0.4, -0.2) is 16.6 Å². The lowest BCUT2D eigenvalue weighted by Gasteiger charge is -2.11. The average molecular weight is 284 g/mol. The van der Waals surface area contributed by atoms with Crippen LogP contribution >= 0.6 is 22.6 Å². The Morgan fingerprint density at radius 3 is 2.58 bits per heavy atom. The Bertz CT molecular complexity index is 96.5. The van der Waals surface area contributed by atoms with Gasteiger partial charge >= 0.3 is 0 Å². The molecular weight excluding hydrogens is 263 g/mol. The van der Waals surface area contributed by atoms with Gasteiger partial charge in [-0.25, -0.2) is 0 Å². The third-order valence-electron chi connectivity index (χ3n) is 1.79. The molecular formula is C9H21IN2. The quantitative estimate of drug-likeness (QED) is 0.427. The Kier molecular flexibility index (Phi) is 8.70. The van der Waals surface area contributed by atoms with E-state index in [4.69, 9.17) is 5.73 Å². The summed E-state index contributed by atoms with van der Waals surface area (Å²) in [5, 5.41) is 3.23. The highest BCUT2D eigenvalue weighted by Gasteiger charge is 2.02. The van der Waals surface area contributed by atoms with Crippen LogP contribution in [0, 0.1) is 0 Å². The summed E-state index contributed by atoms with van der Waals surface area (Å²) >= 11 is 2.53. The van der Waals surface area contributed by atoms with Crippen molar-refractivity contribution in [1.29, 1.82) is 0 Å². The van der Waals surface area contributed by atoms with Crippen LogP contribution in [0.3, 0.4) is 0 Å². The molecule has 3 heteroatoms. The maximum Gasteiger partial charge on any atom is 0.0517 e. The van der Waals surface area contributed by atoms with E-state index in [2.05, 4.69) is 34.8 Å². The molecule has 2 atom stereocenters. The van der Waals surface area contributed by atoms with Crippen LogP contribution in [0.5, 0.6) is 0 Å². The summed E-state index contributed by atoms with van der Waals surface area (Å²) in [6.45, 7) is 5.27. The summed E-state index contributed by atoms with van der Waals surface area (Å²) < 4.78 is 0.814. The van der Waals surface area contributed by atoms with E-state index in [0.717, 1.165) is 10.5 Å². The highest BCUT2D eigenvalue weighted by molar-refractivity contribution is 14.1. The van der Waals surface area contributed by atoms with Crippen molar-refractivity contribution in [2.75, 3.05) is 6.54 Å². The monoisotopic (exact) mass is 284 g/mol. The third kappa shape index (κ3) is 8.74. The van der Waals surface area contributed by atoms with Gasteiger partial charge in [0.25, 0.3) is 0 Å². The fraction of sp³-hybridized carbons (Fsp3) is 1.00. The molecule has 0 aliphatic rings. The van der Waals surface area contributed by atoms with Gasteiger partial charge in [-0.1, -0.05) is 42.4 Å². The first-order valence-corrected chi connectivity index (χ1v) is 6.04. The Balaban J connectivity index is 3.13. The maximum atomic E-state index is 5.57. The van der Waals surface area contributed by atoms with E-state index in [1.807, 2.05) is 6.92 Å². The van der Waals surface area contributed by atoms with E-state index in [-0.39, 0.29) is 6.17 Å². The molecule has 0 saturated carbocycles. The molecule has 3 N–H and O–H groups in total. The summed E-state index contributed by atoms with van der Waals surface area (Å²) in [5.74, 6) is 0. The molecule has 0 bridgehead atoms. The smallest absolute Gasteiger partial charge is 0.0517 e. The van der Waals surface area contributed by atoms with E-state index in [9.17, 15) is 0 Å². The van der Waals surface area contributed by atoms with E-state index >= 15 is 0 Å². The summed E-state index contributed by atoms with van der Waals surface area (Å²) in [7, 11) is 0. The van der Waals surface area contributed by atoms with E-state index < -0.39 is 0 Å². The van der Waals surface area contributed by atoms with Crippen LogP contribution in [0.2, 0.25) is 0 Å². The molecule has 0 aromatic heterocycles. The largest absolute Gasteiger partial charge is 0.316 e. The zero-order valence-electron chi connectivity index (χ0n) is 8.15. The Morgan fingerprint density at radius 2 is 2.08 bits per heavy atom. The van der Waals surface area contributed by atoms with Crippen LogP contribution in [-0.2, 0) is 0 Å². The van der Waals surface area contributed by atoms with Gasteiger partial charge in [0.05, 0.1) is 6.17 Å². The van der Waals surface area contributed by atoms with Crippen molar-refractivity contribution < 1.29 is 0 Å². The SMILES string of the molecule is CCCCC(I)CCNC(C)N. The standard InChI is InChI=1S/C9H21IN2/c1-3-4-5-9(10)6-7-12-8(2)11/h8-9,12H,3-7,11H2,1-2H3. The van der Waals surface area contributed by atoms with E-state index in [0.29, 0.717) is 0 Å². The molecule has 0 aromatic rings. The highest BCUT2D eigenvalue weighted by atomic mass is 127. The minimum absolute atomic E-state index is 0.139. The summed E-state index contributed by atoms with van der Waals surface area (Å²) in [6.07, 6.45) is 5.38. The lowest BCUT2D eigenvalue weighted by atomic mass is 10.1. The molecule has 0 aromatic carbocycles. The molecule has 0 rings (SSSR count). The fourth-order valence-electron chi connectivity index (χ4n) is 1.04. The van der Waals surface area contributed by atoms with Crippen molar-refractivity contribution in [3.8, 4) is 0 Å². The van der Waals surface area contributed by atoms with Crippen molar-refractivity contribution in [3.63, 3.8) is 0 Å². The third-order valence-corrected chi connectivity index (χ3v) is 3.04. The van der Waals surface area contributed by atoms with Gasteiger partial charge < -0.3 is 11.1 Å². The molecule has 0 aliphatic carbocycles. The van der Waals surface area contributed by atoms with Gasteiger partial charge in [0.1, 0.15) is 0 Å². The lowest BCUT2D eigenvalue weighted by Crippen LogP contribution is -2.35. The average Bonchev–Trinajstić information content (AvgIpc) is 2.00. The van der Waals surface area contributed by atoms with E-state index in [1.54, 1.807) is 0 Å². The summed E-state index contributed by atoms with van der Waals surface area (Å²) in [4.78, 5) is 0. The minimum Gasteiger partial charge on any atom is -0.316 e. The maximum absolute atomic E-state index is 5.57. The molecule has 0 spiro atoms. The topological polar surface area (TPSA) is 38.0 Å². The molecule has 0 saturated heterocycles. The molecule has 2 nitrogen and oxygen atoms in total. The first-order chi connectivity index (χ1) is 5.66. The first kappa shape index (κ1) is 12.7. The Labute approximate surface area is 89.8 Å². The van der Waals surface area contributed by atoms with Gasteiger partial charge in [-0.3, -0.25) is 0 Å². The number of alkyl halides is 1. The molecule has 0 aliphatic heterocycles. The van der Waals surface area contributed by atoms with Gasteiger partial charge in [0.15, 0.2) is 0 Å². The molecule has 0 amide bonds.